The molecule has 0 aromatic heterocycles. The predicted octanol–water partition coefficient (Wildman–Crippen LogP) is 4.66. The van der Waals surface area contributed by atoms with Gasteiger partial charge in [-0.3, -0.25) is 4.79 Å². The molecule has 0 aliphatic rings. The normalized spacial score (nSPS) is 10.8. The molecular weight excluding hydrogens is 270 g/mol. The highest BCUT2D eigenvalue weighted by atomic mass is 19.1. The molecule has 0 bridgehead atoms. The highest BCUT2D eigenvalue weighted by Crippen LogP contribution is 2.22. The van der Waals surface area contributed by atoms with Crippen molar-refractivity contribution in [3.63, 3.8) is 0 Å². The van der Waals surface area contributed by atoms with Crippen LogP contribution in [-0.4, -0.2) is 5.78 Å². The number of benzene rings is 3. The number of carbonyl (C=O) groups excluding carboxylic acids is 1. The third kappa shape index (κ3) is 2.31. The molecule has 0 atom stereocenters. The van der Waals surface area contributed by atoms with Gasteiger partial charge < -0.3 is 0 Å². The van der Waals surface area contributed by atoms with Gasteiger partial charge >= 0.3 is 0 Å². The summed E-state index contributed by atoms with van der Waals surface area (Å²) in [4.78, 5) is 12.4. The summed E-state index contributed by atoms with van der Waals surface area (Å²) in [6.07, 6.45) is 0. The van der Waals surface area contributed by atoms with Crippen LogP contribution in [0, 0.1) is 18.6 Å². The van der Waals surface area contributed by atoms with Crippen molar-refractivity contribution in [2.24, 2.45) is 0 Å². The zero-order valence-electron chi connectivity index (χ0n) is 11.4. The molecular formula is C18H12F2O. The number of ketones is 1. The van der Waals surface area contributed by atoms with Crippen molar-refractivity contribution < 1.29 is 13.6 Å². The summed E-state index contributed by atoms with van der Waals surface area (Å²) in [5.74, 6) is -2.27. The summed E-state index contributed by atoms with van der Waals surface area (Å²) in [6, 6.07) is 15.0. The van der Waals surface area contributed by atoms with E-state index in [1.54, 1.807) is 18.2 Å². The summed E-state index contributed by atoms with van der Waals surface area (Å²) in [5, 5.41) is 1.83. The fourth-order valence-electron chi connectivity index (χ4n) is 2.34. The molecule has 0 spiro atoms. The van der Waals surface area contributed by atoms with E-state index in [-0.39, 0.29) is 11.1 Å². The molecule has 0 aliphatic carbocycles. The molecule has 3 rings (SSSR count). The maximum Gasteiger partial charge on any atom is 0.198 e. The monoisotopic (exact) mass is 282 g/mol. The minimum atomic E-state index is -0.837. The van der Waals surface area contributed by atoms with Crippen LogP contribution in [0.15, 0.2) is 54.6 Å². The molecule has 3 heteroatoms. The van der Waals surface area contributed by atoms with E-state index in [9.17, 15) is 13.6 Å². The molecule has 104 valence electrons. The molecule has 21 heavy (non-hydrogen) atoms. The number of fused-ring (bicyclic) bond motifs is 1. The van der Waals surface area contributed by atoms with Crippen molar-refractivity contribution in [3.8, 4) is 0 Å². The lowest BCUT2D eigenvalue weighted by Crippen LogP contribution is -2.08. The Kier molecular flexibility index (Phi) is 3.26. The number of hydrogen-bond donors (Lipinski definition) is 0. The molecule has 0 unspecified atom stereocenters. The first-order valence-corrected chi connectivity index (χ1v) is 6.56. The van der Waals surface area contributed by atoms with Gasteiger partial charge in [-0.1, -0.05) is 42.5 Å². The minimum absolute atomic E-state index is 0.250. The Morgan fingerprint density at radius 2 is 1.62 bits per heavy atom. The number of rotatable bonds is 2. The molecule has 0 saturated carbocycles. The molecule has 0 radical (unpaired) electrons. The van der Waals surface area contributed by atoms with Gasteiger partial charge in [0.25, 0.3) is 0 Å². The average Bonchev–Trinajstić information content (AvgIpc) is 2.51. The van der Waals surface area contributed by atoms with E-state index in [1.807, 2.05) is 24.3 Å². The smallest absolute Gasteiger partial charge is 0.198 e. The second kappa shape index (κ2) is 5.09. The van der Waals surface area contributed by atoms with Gasteiger partial charge in [0, 0.05) is 5.56 Å². The first-order valence-electron chi connectivity index (χ1n) is 6.56. The van der Waals surface area contributed by atoms with Crippen LogP contribution in [0.25, 0.3) is 10.8 Å². The zero-order chi connectivity index (χ0) is 15.0. The predicted molar refractivity (Wildman–Crippen MR) is 78.5 cm³/mol. The molecule has 0 aliphatic heterocycles. The fraction of sp³-hybridized carbons (Fsp3) is 0.0556. The third-order valence-electron chi connectivity index (χ3n) is 3.52. The Hall–Kier alpha value is -2.55. The highest BCUT2D eigenvalue weighted by molar-refractivity contribution is 6.11. The summed E-state index contributed by atoms with van der Waals surface area (Å²) in [5.41, 5.74) is 0.0305. The average molecular weight is 282 g/mol. The van der Waals surface area contributed by atoms with E-state index in [4.69, 9.17) is 0 Å². The minimum Gasteiger partial charge on any atom is -0.288 e. The lowest BCUT2D eigenvalue weighted by molar-refractivity contribution is 0.103. The van der Waals surface area contributed by atoms with Crippen LogP contribution in [0.4, 0.5) is 8.78 Å². The Morgan fingerprint density at radius 3 is 2.38 bits per heavy atom. The van der Waals surface area contributed by atoms with Crippen LogP contribution in [0.3, 0.4) is 0 Å². The van der Waals surface area contributed by atoms with Crippen LogP contribution in [0.5, 0.6) is 0 Å². The van der Waals surface area contributed by atoms with Gasteiger partial charge in [-0.15, -0.1) is 0 Å². The van der Waals surface area contributed by atoms with Crippen molar-refractivity contribution in [1.82, 2.24) is 0 Å². The van der Waals surface area contributed by atoms with Gasteiger partial charge in [-0.25, -0.2) is 8.78 Å². The Balaban J connectivity index is 2.15. The molecule has 0 fully saturated rings. The molecule has 0 N–H and O–H groups in total. The summed E-state index contributed by atoms with van der Waals surface area (Å²) >= 11 is 0. The van der Waals surface area contributed by atoms with E-state index in [2.05, 4.69) is 0 Å². The van der Waals surface area contributed by atoms with Gasteiger partial charge in [0.2, 0.25) is 0 Å². The van der Waals surface area contributed by atoms with E-state index >= 15 is 0 Å². The maximum atomic E-state index is 14.1. The molecule has 0 amide bonds. The van der Waals surface area contributed by atoms with Crippen molar-refractivity contribution in [1.29, 1.82) is 0 Å². The van der Waals surface area contributed by atoms with Crippen LogP contribution in [-0.2, 0) is 0 Å². The van der Waals surface area contributed by atoms with Crippen LogP contribution in [0.1, 0.15) is 21.5 Å². The number of halogens is 2. The van der Waals surface area contributed by atoms with Crippen molar-refractivity contribution >= 4 is 16.6 Å². The highest BCUT2D eigenvalue weighted by Gasteiger charge is 2.20. The van der Waals surface area contributed by atoms with Gasteiger partial charge in [-0.2, -0.15) is 0 Å². The van der Waals surface area contributed by atoms with Crippen molar-refractivity contribution in [2.45, 2.75) is 6.92 Å². The second-order valence-electron chi connectivity index (χ2n) is 4.94. The maximum absolute atomic E-state index is 14.1. The number of aryl methyl sites for hydroxylation is 1. The van der Waals surface area contributed by atoms with Gasteiger partial charge in [0.05, 0.1) is 5.56 Å². The lowest BCUT2D eigenvalue weighted by Gasteiger charge is -2.07. The summed E-state index contributed by atoms with van der Waals surface area (Å²) < 4.78 is 27.9. The van der Waals surface area contributed by atoms with Crippen LogP contribution < -0.4 is 0 Å². The van der Waals surface area contributed by atoms with E-state index in [0.29, 0.717) is 0 Å². The standard InChI is InChI=1S/C18H12F2O/c1-11-6-9-15(19)16(17(11)20)18(21)14-8-7-12-4-2-3-5-13(12)10-14/h2-10H,1H3. The lowest BCUT2D eigenvalue weighted by atomic mass is 9.98. The van der Waals surface area contributed by atoms with E-state index < -0.39 is 23.0 Å². The van der Waals surface area contributed by atoms with Crippen LogP contribution >= 0.6 is 0 Å². The first-order chi connectivity index (χ1) is 10.1. The van der Waals surface area contributed by atoms with E-state index in [0.717, 1.165) is 16.8 Å². The Labute approximate surface area is 120 Å². The zero-order valence-corrected chi connectivity index (χ0v) is 11.4. The summed E-state index contributed by atoms with van der Waals surface area (Å²) in [7, 11) is 0. The van der Waals surface area contributed by atoms with Crippen molar-refractivity contribution in [2.75, 3.05) is 0 Å². The van der Waals surface area contributed by atoms with Gasteiger partial charge in [0.15, 0.2) is 5.78 Å². The first kappa shape index (κ1) is 13.4. The number of hydrogen-bond acceptors (Lipinski definition) is 1. The molecule has 3 aromatic rings. The quantitative estimate of drug-likeness (QED) is 0.625. The molecule has 0 heterocycles. The Bertz CT molecular complexity index is 853. The number of carbonyl (C=O) groups is 1. The largest absolute Gasteiger partial charge is 0.288 e. The second-order valence-corrected chi connectivity index (χ2v) is 4.94. The van der Waals surface area contributed by atoms with E-state index in [1.165, 1.54) is 13.0 Å². The van der Waals surface area contributed by atoms with Gasteiger partial charge in [0.1, 0.15) is 11.6 Å². The third-order valence-corrected chi connectivity index (χ3v) is 3.52. The Morgan fingerprint density at radius 1 is 0.905 bits per heavy atom. The molecule has 3 aromatic carbocycles. The van der Waals surface area contributed by atoms with Gasteiger partial charge in [-0.05, 0) is 35.4 Å². The summed E-state index contributed by atoms with van der Waals surface area (Å²) in [6.45, 7) is 1.51. The topological polar surface area (TPSA) is 17.1 Å². The fourth-order valence-corrected chi connectivity index (χ4v) is 2.34. The SMILES string of the molecule is Cc1ccc(F)c(C(=O)c2ccc3ccccc3c2)c1F. The molecule has 1 nitrogen and oxygen atoms in total. The van der Waals surface area contributed by atoms with Crippen molar-refractivity contribution in [3.05, 3.63) is 82.9 Å². The molecule has 0 saturated heterocycles. The van der Waals surface area contributed by atoms with Crippen LogP contribution in [0.2, 0.25) is 0 Å².